The predicted octanol–water partition coefficient (Wildman–Crippen LogP) is 3.61. The summed E-state index contributed by atoms with van der Waals surface area (Å²) >= 11 is 9.34. The monoisotopic (exact) mass is 291 g/mol. The highest BCUT2D eigenvalue weighted by atomic mass is 79.9. The van der Waals surface area contributed by atoms with Crippen LogP contribution in [0.25, 0.3) is 0 Å². The first kappa shape index (κ1) is 12.8. The SMILES string of the molecule is NCCCCCOc1ccc(Br)cc1Cl. The Bertz CT molecular complexity index is 307. The van der Waals surface area contributed by atoms with Gasteiger partial charge in [0, 0.05) is 4.47 Å². The standard InChI is InChI=1S/C11H15BrClNO/c12-9-4-5-11(10(13)8-9)15-7-3-1-2-6-14/h4-5,8H,1-3,6-7,14H2. The molecule has 0 unspecified atom stereocenters. The fourth-order valence-corrected chi connectivity index (χ4v) is 1.93. The maximum absolute atomic E-state index is 5.99. The molecule has 84 valence electrons. The molecule has 2 nitrogen and oxygen atoms in total. The number of nitrogens with two attached hydrogens (primary N) is 1. The molecular formula is C11H15BrClNO. The van der Waals surface area contributed by atoms with E-state index >= 15 is 0 Å². The van der Waals surface area contributed by atoms with Crippen molar-refractivity contribution in [1.82, 2.24) is 0 Å². The van der Waals surface area contributed by atoms with Gasteiger partial charge in [0.1, 0.15) is 5.75 Å². The van der Waals surface area contributed by atoms with E-state index in [0.717, 1.165) is 36.0 Å². The third kappa shape index (κ3) is 4.87. The van der Waals surface area contributed by atoms with Gasteiger partial charge in [-0.15, -0.1) is 0 Å². The molecule has 0 aliphatic rings. The quantitative estimate of drug-likeness (QED) is 0.813. The zero-order chi connectivity index (χ0) is 11.1. The average molecular weight is 293 g/mol. The van der Waals surface area contributed by atoms with Crippen LogP contribution in [0.4, 0.5) is 0 Å². The van der Waals surface area contributed by atoms with Crippen molar-refractivity contribution in [1.29, 1.82) is 0 Å². The Kier molecular flexibility index (Phi) is 6.06. The summed E-state index contributed by atoms with van der Waals surface area (Å²) in [6.07, 6.45) is 3.17. The van der Waals surface area contributed by atoms with Crippen molar-refractivity contribution in [3.8, 4) is 5.75 Å². The lowest BCUT2D eigenvalue weighted by atomic mass is 10.2. The van der Waals surface area contributed by atoms with Crippen molar-refractivity contribution in [2.45, 2.75) is 19.3 Å². The van der Waals surface area contributed by atoms with Crippen molar-refractivity contribution in [2.75, 3.05) is 13.2 Å². The van der Waals surface area contributed by atoms with Gasteiger partial charge in [0.05, 0.1) is 11.6 Å². The van der Waals surface area contributed by atoms with Crippen molar-refractivity contribution in [3.05, 3.63) is 27.7 Å². The molecule has 2 N–H and O–H groups in total. The van der Waals surface area contributed by atoms with Crippen LogP contribution in [0.1, 0.15) is 19.3 Å². The van der Waals surface area contributed by atoms with Crippen LogP contribution < -0.4 is 10.5 Å². The van der Waals surface area contributed by atoms with E-state index in [1.54, 1.807) is 0 Å². The summed E-state index contributed by atoms with van der Waals surface area (Å²) in [5.74, 6) is 0.743. The summed E-state index contributed by atoms with van der Waals surface area (Å²) in [6, 6.07) is 5.62. The van der Waals surface area contributed by atoms with Crippen LogP contribution in [-0.2, 0) is 0 Å². The first-order valence-electron chi connectivity index (χ1n) is 5.02. The molecule has 0 aliphatic heterocycles. The van der Waals surface area contributed by atoms with Gasteiger partial charge in [-0.1, -0.05) is 27.5 Å². The lowest BCUT2D eigenvalue weighted by molar-refractivity contribution is 0.306. The molecule has 0 radical (unpaired) electrons. The Labute approximate surface area is 104 Å². The van der Waals surface area contributed by atoms with Crippen LogP contribution >= 0.6 is 27.5 Å². The zero-order valence-corrected chi connectivity index (χ0v) is 10.9. The van der Waals surface area contributed by atoms with E-state index in [2.05, 4.69) is 15.9 Å². The van der Waals surface area contributed by atoms with E-state index in [9.17, 15) is 0 Å². The van der Waals surface area contributed by atoms with Gasteiger partial charge in [-0.25, -0.2) is 0 Å². The topological polar surface area (TPSA) is 35.2 Å². The van der Waals surface area contributed by atoms with Gasteiger partial charge in [-0.3, -0.25) is 0 Å². The second-order valence-electron chi connectivity index (χ2n) is 3.27. The number of benzene rings is 1. The lowest BCUT2D eigenvalue weighted by Gasteiger charge is -2.07. The summed E-state index contributed by atoms with van der Waals surface area (Å²) in [7, 11) is 0. The van der Waals surface area contributed by atoms with Crippen LogP contribution in [0.5, 0.6) is 5.75 Å². The van der Waals surface area contributed by atoms with Crippen LogP contribution in [0.2, 0.25) is 5.02 Å². The Hall–Kier alpha value is -0.250. The Morgan fingerprint density at radius 2 is 2.07 bits per heavy atom. The highest BCUT2D eigenvalue weighted by molar-refractivity contribution is 9.10. The number of unbranched alkanes of at least 4 members (excludes halogenated alkanes) is 2. The maximum atomic E-state index is 5.99. The molecule has 0 heterocycles. The van der Waals surface area contributed by atoms with E-state index in [1.807, 2.05) is 18.2 Å². The second-order valence-corrected chi connectivity index (χ2v) is 4.60. The summed E-state index contributed by atoms with van der Waals surface area (Å²) in [5.41, 5.74) is 5.40. The van der Waals surface area contributed by atoms with Crippen molar-refractivity contribution in [2.24, 2.45) is 5.73 Å². The molecule has 0 saturated heterocycles. The highest BCUT2D eigenvalue weighted by Gasteiger charge is 2.01. The van der Waals surface area contributed by atoms with Crippen LogP contribution in [0.3, 0.4) is 0 Å². The first-order valence-corrected chi connectivity index (χ1v) is 6.19. The largest absolute Gasteiger partial charge is 0.492 e. The van der Waals surface area contributed by atoms with E-state index in [-0.39, 0.29) is 0 Å². The minimum atomic E-state index is 0.642. The average Bonchev–Trinajstić information content (AvgIpc) is 2.20. The third-order valence-corrected chi connectivity index (χ3v) is 2.79. The van der Waals surface area contributed by atoms with Crippen molar-refractivity contribution < 1.29 is 4.74 Å². The summed E-state index contributed by atoms with van der Waals surface area (Å²) in [6.45, 7) is 1.44. The van der Waals surface area contributed by atoms with E-state index in [4.69, 9.17) is 22.1 Å². The Balaban J connectivity index is 2.31. The number of hydrogen-bond acceptors (Lipinski definition) is 2. The number of halogens is 2. The molecule has 0 bridgehead atoms. The van der Waals surface area contributed by atoms with Crippen LogP contribution in [0.15, 0.2) is 22.7 Å². The molecule has 0 saturated carbocycles. The van der Waals surface area contributed by atoms with Crippen molar-refractivity contribution >= 4 is 27.5 Å². The normalized spacial score (nSPS) is 10.3. The molecule has 0 aromatic heterocycles. The molecule has 15 heavy (non-hydrogen) atoms. The molecule has 0 atom stereocenters. The molecule has 1 aromatic carbocycles. The molecular weight excluding hydrogens is 277 g/mol. The first-order chi connectivity index (χ1) is 7.24. The third-order valence-electron chi connectivity index (χ3n) is 2.00. The lowest BCUT2D eigenvalue weighted by Crippen LogP contribution is -2.01. The number of rotatable bonds is 6. The molecule has 0 amide bonds. The highest BCUT2D eigenvalue weighted by Crippen LogP contribution is 2.27. The minimum absolute atomic E-state index is 0.642. The van der Waals surface area contributed by atoms with E-state index < -0.39 is 0 Å². The molecule has 1 aromatic rings. The molecule has 0 aliphatic carbocycles. The van der Waals surface area contributed by atoms with Gasteiger partial charge in [0.15, 0.2) is 0 Å². The molecule has 1 rings (SSSR count). The maximum Gasteiger partial charge on any atom is 0.137 e. The predicted molar refractivity (Wildman–Crippen MR) is 67.6 cm³/mol. The van der Waals surface area contributed by atoms with Crippen LogP contribution in [-0.4, -0.2) is 13.2 Å². The zero-order valence-electron chi connectivity index (χ0n) is 8.51. The molecule has 4 heteroatoms. The van der Waals surface area contributed by atoms with E-state index in [1.165, 1.54) is 0 Å². The Morgan fingerprint density at radius 3 is 2.73 bits per heavy atom. The Morgan fingerprint density at radius 1 is 1.27 bits per heavy atom. The van der Waals surface area contributed by atoms with Crippen LogP contribution in [0, 0.1) is 0 Å². The number of ether oxygens (including phenoxy) is 1. The summed E-state index contributed by atoms with van der Waals surface area (Å²) in [4.78, 5) is 0. The van der Waals surface area contributed by atoms with Gasteiger partial charge < -0.3 is 10.5 Å². The fraction of sp³-hybridized carbons (Fsp3) is 0.455. The van der Waals surface area contributed by atoms with Crippen molar-refractivity contribution in [3.63, 3.8) is 0 Å². The van der Waals surface area contributed by atoms with E-state index in [0.29, 0.717) is 11.6 Å². The summed E-state index contributed by atoms with van der Waals surface area (Å²) in [5, 5.41) is 0.642. The smallest absolute Gasteiger partial charge is 0.137 e. The van der Waals surface area contributed by atoms with Gasteiger partial charge >= 0.3 is 0 Å². The fourth-order valence-electron chi connectivity index (χ4n) is 1.20. The van der Waals surface area contributed by atoms with Gasteiger partial charge in [0.25, 0.3) is 0 Å². The number of hydrogen-bond donors (Lipinski definition) is 1. The second kappa shape index (κ2) is 7.09. The van der Waals surface area contributed by atoms with Gasteiger partial charge in [-0.2, -0.15) is 0 Å². The van der Waals surface area contributed by atoms with Gasteiger partial charge in [0.2, 0.25) is 0 Å². The van der Waals surface area contributed by atoms with Gasteiger partial charge in [-0.05, 0) is 44.0 Å². The summed E-state index contributed by atoms with van der Waals surface area (Å²) < 4.78 is 6.51. The molecule has 0 spiro atoms. The molecule has 0 fully saturated rings. The minimum Gasteiger partial charge on any atom is -0.492 e.